The minimum Gasteiger partial charge on any atom is -0.406 e. The standard InChI is InChI=1S/C13H16F3NO/c1-2-17-12(9-6-7-9)10-4-3-5-11(8-10)18-13(14,15)16/h3-5,8-9,12,17H,2,6-7H2,1H3. The van der Waals surface area contributed by atoms with Crippen molar-refractivity contribution in [3.05, 3.63) is 29.8 Å². The van der Waals surface area contributed by atoms with Gasteiger partial charge in [0.15, 0.2) is 0 Å². The molecular weight excluding hydrogens is 243 g/mol. The summed E-state index contributed by atoms with van der Waals surface area (Å²) < 4.78 is 40.4. The van der Waals surface area contributed by atoms with E-state index in [1.165, 1.54) is 12.1 Å². The van der Waals surface area contributed by atoms with E-state index in [1.54, 1.807) is 6.07 Å². The lowest BCUT2D eigenvalue weighted by Crippen LogP contribution is -2.23. The quantitative estimate of drug-likeness (QED) is 0.871. The molecule has 1 atom stereocenters. The fourth-order valence-corrected chi connectivity index (χ4v) is 2.11. The van der Waals surface area contributed by atoms with E-state index in [-0.39, 0.29) is 11.8 Å². The van der Waals surface area contributed by atoms with Crippen molar-refractivity contribution >= 4 is 0 Å². The van der Waals surface area contributed by atoms with E-state index >= 15 is 0 Å². The van der Waals surface area contributed by atoms with E-state index < -0.39 is 6.36 Å². The largest absolute Gasteiger partial charge is 0.573 e. The molecule has 0 radical (unpaired) electrons. The molecule has 1 aromatic carbocycles. The van der Waals surface area contributed by atoms with Gasteiger partial charge in [0.25, 0.3) is 0 Å². The molecule has 0 spiro atoms. The molecule has 1 saturated carbocycles. The molecule has 0 aliphatic heterocycles. The first-order valence-corrected chi connectivity index (χ1v) is 6.08. The summed E-state index contributed by atoms with van der Waals surface area (Å²) in [5.41, 5.74) is 0.862. The molecule has 0 aromatic heterocycles. The summed E-state index contributed by atoms with van der Waals surface area (Å²) in [5, 5.41) is 3.31. The smallest absolute Gasteiger partial charge is 0.406 e. The third kappa shape index (κ3) is 3.63. The first-order valence-electron chi connectivity index (χ1n) is 6.08. The van der Waals surface area contributed by atoms with Gasteiger partial charge in [-0.15, -0.1) is 13.2 Å². The van der Waals surface area contributed by atoms with E-state index in [1.807, 2.05) is 13.0 Å². The lowest BCUT2D eigenvalue weighted by atomic mass is 10.0. The van der Waals surface area contributed by atoms with Crippen LogP contribution < -0.4 is 10.1 Å². The number of rotatable bonds is 5. The second-order valence-corrected chi connectivity index (χ2v) is 4.49. The lowest BCUT2D eigenvalue weighted by Gasteiger charge is -2.19. The van der Waals surface area contributed by atoms with Gasteiger partial charge in [-0.3, -0.25) is 0 Å². The molecule has 5 heteroatoms. The lowest BCUT2D eigenvalue weighted by molar-refractivity contribution is -0.274. The van der Waals surface area contributed by atoms with Crippen molar-refractivity contribution in [3.63, 3.8) is 0 Å². The van der Waals surface area contributed by atoms with Crippen LogP contribution >= 0.6 is 0 Å². The number of halogens is 3. The number of hydrogen-bond donors (Lipinski definition) is 1. The topological polar surface area (TPSA) is 21.3 Å². The van der Waals surface area contributed by atoms with E-state index in [4.69, 9.17) is 0 Å². The maximum absolute atomic E-state index is 12.2. The summed E-state index contributed by atoms with van der Waals surface area (Å²) in [6.07, 6.45) is -2.38. The maximum Gasteiger partial charge on any atom is 0.573 e. The van der Waals surface area contributed by atoms with Gasteiger partial charge in [-0.2, -0.15) is 0 Å². The van der Waals surface area contributed by atoms with Crippen LogP contribution in [-0.2, 0) is 0 Å². The van der Waals surface area contributed by atoms with Crippen LogP contribution in [0.4, 0.5) is 13.2 Å². The zero-order valence-corrected chi connectivity index (χ0v) is 10.1. The Labute approximate surface area is 104 Å². The van der Waals surface area contributed by atoms with Crippen molar-refractivity contribution in [2.45, 2.75) is 32.2 Å². The van der Waals surface area contributed by atoms with Crippen molar-refractivity contribution in [1.29, 1.82) is 0 Å². The third-order valence-electron chi connectivity index (χ3n) is 2.97. The minimum atomic E-state index is -4.63. The molecule has 2 nitrogen and oxygen atoms in total. The highest BCUT2D eigenvalue weighted by molar-refractivity contribution is 5.31. The van der Waals surface area contributed by atoms with E-state index in [0.717, 1.165) is 24.9 Å². The van der Waals surface area contributed by atoms with Gasteiger partial charge in [-0.05, 0) is 43.0 Å². The van der Waals surface area contributed by atoms with Crippen molar-refractivity contribution in [1.82, 2.24) is 5.32 Å². The van der Waals surface area contributed by atoms with Crippen molar-refractivity contribution < 1.29 is 17.9 Å². The first kappa shape index (κ1) is 13.2. The highest BCUT2D eigenvalue weighted by Gasteiger charge is 2.33. The minimum absolute atomic E-state index is 0.131. The number of ether oxygens (including phenoxy) is 1. The zero-order chi connectivity index (χ0) is 13.2. The molecule has 1 fully saturated rings. The van der Waals surface area contributed by atoms with Crippen LogP contribution in [0, 0.1) is 5.92 Å². The molecule has 18 heavy (non-hydrogen) atoms. The average Bonchev–Trinajstić information content (AvgIpc) is 3.07. The number of hydrogen-bond acceptors (Lipinski definition) is 2. The summed E-state index contributed by atoms with van der Waals surface area (Å²) in [6.45, 7) is 2.79. The fraction of sp³-hybridized carbons (Fsp3) is 0.538. The molecule has 0 amide bonds. The maximum atomic E-state index is 12.2. The van der Waals surface area contributed by atoms with Gasteiger partial charge in [-0.25, -0.2) is 0 Å². The van der Waals surface area contributed by atoms with Gasteiger partial charge in [0.05, 0.1) is 0 Å². The Morgan fingerprint density at radius 2 is 2.11 bits per heavy atom. The zero-order valence-electron chi connectivity index (χ0n) is 10.1. The Bertz CT molecular complexity index is 401. The van der Waals surface area contributed by atoms with Gasteiger partial charge >= 0.3 is 6.36 Å². The Morgan fingerprint density at radius 3 is 2.67 bits per heavy atom. The molecule has 0 heterocycles. The molecule has 1 N–H and O–H groups in total. The molecule has 100 valence electrons. The van der Waals surface area contributed by atoms with Gasteiger partial charge in [0.1, 0.15) is 5.75 Å². The number of benzene rings is 1. The molecule has 1 aliphatic rings. The molecule has 1 unspecified atom stereocenters. The van der Waals surface area contributed by atoms with Crippen LogP contribution in [0.25, 0.3) is 0 Å². The van der Waals surface area contributed by atoms with Crippen LogP contribution in [0.1, 0.15) is 31.4 Å². The fourth-order valence-electron chi connectivity index (χ4n) is 2.11. The average molecular weight is 259 g/mol. The summed E-state index contributed by atoms with van der Waals surface area (Å²) in [4.78, 5) is 0. The van der Waals surface area contributed by atoms with Gasteiger partial charge < -0.3 is 10.1 Å². The van der Waals surface area contributed by atoms with E-state index in [2.05, 4.69) is 10.1 Å². The van der Waals surface area contributed by atoms with Gasteiger partial charge in [0.2, 0.25) is 0 Å². The van der Waals surface area contributed by atoms with Crippen molar-refractivity contribution in [2.75, 3.05) is 6.54 Å². The van der Waals surface area contributed by atoms with E-state index in [0.29, 0.717) is 5.92 Å². The Balaban J connectivity index is 2.14. The molecule has 1 aliphatic carbocycles. The Kier molecular flexibility index (Phi) is 3.80. The molecule has 0 bridgehead atoms. The van der Waals surface area contributed by atoms with Gasteiger partial charge in [0, 0.05) is 6.04 Å². The molecule has 0 saturated heterocycles. The summed E-state index contributed by atoms with van der Waals surface area (Å²) >= 11 is 0. The monoisotopic (exact) mass is 259 g/mol. The Hall–Kier alpha value is -1.23. The third-order valence-corrected chi connectivity index (χ3v) is 2.97. The van der Waals surface area contributed by atoms with Crippen LogP contribution in [0.2, 0.25) is 0 Å². The summed E-state index contributed by atoms with van der Waals surface area (Å²) in [7, 11) is 0. The second-order valence-electron chi connectivity index (χ2n) is 4.49. The highest BCUT2D eigenvalue weighted by atomic mass is 19.4. The van der Waals surface area contributed by atoms with E-state index in [9.17, 15) is 13.2 Å². The molecular formula is C13H16F3NO. The highest BCUT2D eigenvalue weighted by Crippen LogP contribution is 2.41. The summed E-state index contributed by atoms with van der Waals surface area (Å²) in [6, 6.07) is 6.37. The van der Waals surface area contributed by atoms with Crippen LogP contribution in [0.3, 0.4) is 0 Å². The SMILES string of the molecule is CCNC(c1cccc(OC(F)(F)F)c1)C1CC1. The Morgan fingerprint density at radius 1 is 1.39 bits per heavy atom. The summed E-state index contributed by atoms with van der Waals surface area (Å²) in [5.74, 6) is 0.384. The van der Waals surface area contributed by atoms with Crippen LogP contribution in [-0.4, -0.2) is 12.9 Å². The molecule has 1 aromatic rings. The van der Waals surface area contributed by atoms with Gasteiger partial charge in [-0.1, -0.05) is 19.1 Å². The number of nitrogens with one attached hydrogen (secondary N) is 1. The van der Waals surface area contributed by atoms with Crippen molar-refractivity contribution in [3.8, 4) is 5.75 Å². The molecule has 2 rings (SSSR count). The predicted molar refractivity (Wildman–Crippen MR) is 62.3 cm³/mol. The second kappa shape index (κ2) is 5.18. The first-order chi connectivity index (χ1) is 8.49. The van der Waals surface area contributed by atoms with Crippen LogP contribution in [0.15, 0.2) is 24.3 Å². The normalized spacial score (nSPS) is 17.6. The predicted octanol–water partition coefficient (Wildman–Crippen LogP) is 3.65. The number of alkyl halides is 3. The van der Waals surface area contributed by atoms with Crippen LogP contribution in [0.5, 0.6) is 5.75 Å². The van der Waals surface area contributed by atoms with Crippen molar-refractivity contribution in [2.24, 2.45) is 5.92 Å².